The predicted molar refractivity (Wildman–Crippen MR) is 96.5 cm³/mol. The monoisotopic (exact) mass is 390 g/mol. The molecule has 0 aliphatic rings. The van der Waals surface area contributed by atoms with Crippen LogP contribution < -0.4 is 10.6 Å². The van der Waals surface area contributed by atoms with E-state index in [0.717, 1.165) is 24.0 Å². The topological polar surface area (TPSA) is 49.3 Å². The van der Waals surface area contributed by atoms with Gasteiger partial charge in [-0.2, -0.15) is 0 Å². The Kier molecular flexibility index (Phi) is 10.4. The van der Waals surface area contributed by atoms with Gasteiger partial charge in [0.15, 0.2) is 5.96 Å². The molecule has 1 aromatic heterocycles. The normalized spacial score (nSPS) is 12.8. The molecule has 114 valence electrons. The molecule has 5 heteroatoms. The van der Waals surface area contributed by atoms with Gasteiger partial charge in [-0.05, 0) is 37.8 Å². The molecule has 4 nitrogen and oxygen atoms in total. The van der Waals surface area contributed by atoms with Crippen LogP contribution in [-0.4, -0.2) is 24.0 Å². The number of guanidine groups is 1. The Bertz CT molecular complexity index is 379. The molecular formula is C15H27IN4. The molecule has 2 N–H and O–H groups in total. The maximum Gasteiger partial charge on any atom is 0.191 e. The van der Waals surface area contributed by atoms with Crippen molar-refractivity contribution < 1.29 is 0 Å². The fourth-order valence-electron chi connectivity index (χ4n) is 1.76. The number of aliphatic imine (C=N–C) groups is 1. The summed E-state index contributed by atoms with van der Waals surface area (Å²) in [5.41, 5.74) is 1.01. The highest BCUT2D eigenvalue weighted by molar-refractivity contribution is 14.0. The highest BCUT2D eigenvalue weighted by Crippen LogP contribution is 2.06. The molecule has 0 spiro atoms. The molecule has 0 aliphatic carbocycles. The molecule has 20 heavy (non-hydrogen) atoms. The summed E-state index contributed by atoms with van der Waals surface area (Å²) in [7, 11) is 1.79. The number of halogens is 1. The molecule has 1 atom stereocenters. The standard InChI is InChI=1S/C15H26N4.HI/c1-12(2)8-9-13(3)19-15(16-4)18-11-14-7-5-6-10-17-14;/h5-7,10,12-13H,8-9,11H2,1-4H3,(H2,16,18,19);1H. The first-order valence-corrected chi connectivity index (χ1v) is 6.99. The van der Waals surface area contributed by atoms with Gasteiger partial charge in [-0.3, -0.25) is 9.98 Å². The smallest absolute Gasteiger partial charge is 0.191 e. The molecule has 0 fully saturated rings. The van der Waals surface area contributed by atoms with E-state index in [1.54, 1.807) is 13.2 Å². The van der Waals surface area contributed by atoms with E-state index in [-0.39, 0.29) is 24.0 Å². The molecule has 0 radical (unpaired) electrons. The molecule has 1 unspecified atom stereocenters. The van der Waals surface area contributed by atoms with Crippen molar-refractivity contribution in [3.05, 3.63) is 30.1 Å². The first-order chi connectivity index (χ1) is 9.11. The molecule has 0 bridgehead atoms. The van der Waals surface area contributed by atoms with Crippen LogP contribution >= 0.6 is 24.0 Å². The molecule has 0 aromatic carbocycles. The second kappa shape index (κ2) is 10.9. The lowest BCUT2D eigenvalue weighted by Gasteiger charge is -2.18. The molecule has 1 heterocycles. The van der Waals surface area contributed by atoms with E-state index in [0.29, 0.717) is 12.6 Å². The highest BCUT2D eigenvalue weighted by Gasteiger charge is 2.06. The molecule has 0 saturated heterocycles. The summed E-state index contributed by atoms with van der Waals surface area (Å²) >= 11 is 0. The van der Waals surface area contributed by atoms with Crippen LogP contribution in [0.3, 0.4) is 0 Å². The third kappa shape index (κ3) is 8.35. The van der Waals surface area contributed by atoms with Crippen LogP contribution in [0.5, 0.6) is 0 Å². The quantitative estimate of drug-likeness (QED) is 0.446. The van der Waals surface area contributed by atoms with Crippen LogP contribution in [0.4, 0.5) is 0 Å². The summed E-state index contributed by atoms with van der Waals surface area (Å²) < 4.78 is 0. The SMILES string of the molecule is CN=C(NCc1ccccn1)NC(C)CCC(C)C.I. The van der Waals surface area contributed by atoms with Crippen molar-refractivity contribution in [2.45, 2.75) is 46.2 Å². The number of hydrogen-bond donors (Lipinski definition) is 2. The van der Waals surface area contributed by atoms with E-state index in [1.165, 1.54) is 6.42 Å². The molecule has 0 saturated carbocycles. The molecule has 1 rings (SSSR count). The molecule has 0 aliphatic heterocycles. The van der Waals surface area contributed by atoms with E-state index in [9.17, 15) is 0 Å². The summed E-state index contributed by atoms with van der Waals surface area (Å²) in [5, 5.41) is 6.68. The van der Waals surface area contributed by atoms with Gasteiger partial charge < -0.3 is 10.6 Å². The number of hydrogen-bond acceptors (Lipinski definition) is 2. The second-order valence-electron chi connectivity index (χ2n) is 5.26. The van der Waals surface area contributed by atoms with E-state index in [4.69, 9.17) is 0 Å². The fraction of sp³-hybridized carbons (Fsp3) is 0.600. The number of aromatic nitrogens is 1. The lowest BCUT2D eigenvalue weighted by atomic mass is 10.0. The van der Waals surface area contributed by atoms with E-state index < -0.39 is 0 Å². The summed E-state index contributed by atoms with van der Waals surface area (Å²) in [6.07, 6.45) is 4.19. The molecule has 0 amide bonds. The summed E-state index contributed by atoms with van der Waals surface area (Å²) in [4.78, 5) is 8.52. The number of nitrogens with zero attached hydrogens (tertiary/aromatic N) is 2. The number of nitrogens with one attached hydrogen (secondary N) is 2. The van der Waals surface area contributed by atoms with Crippen LogP contribution in [-0.2, 0) is 6.54 Å². The van der Waals surface area contributed by atoms with Crippen LogP contribution in [0.15, 0.2) is 29.4 Å². The zero-order chi connectivity index (χ0) is 14.1. The first-order valence-electron chi connectivity index (χ1n) is 6.99. The third-order valence-corrected chi connectivity index (χ3v) is 2.95. The van der Waals surface area contributed by atoms with E-state index in [1.807, 2.05) is 18.2 Å². The van der Waals surface area contributed by atoms with Crippen molar-refractivity contribution in [3.63, 3.8) is 0 Å². The Morgan fingerprint density at radius 3 is 2.55 bits per heavy atom. The highest BCUT2D eigenvalue weighted by atomic mass is 127. The van der Waals surface area contributed by atoms with Crippen LogP contribution in [0, 0.1) is 5.92 Å². The number of pyridine rings is 1. The lowest BCUT2D eigenvalue weighted by molar-refractivity contribution is 0.489. The van der Waals surface area contributed by atoms with Gasteiger partial charge in [0.05, 0.1) is 12.2 Å². The third-order valence-electron chi connectivity index (χ3n) is 2.95. The Morgan fingerprint density at radius 1 is 1.25 bits per heavy atom. The lowest BCUT2D eigenvalue weighted by Crippen LogP contribution is -2.42. The van der Waals surface area contributed by atoms with Crippen LogP contribution in [0.1, 0.15) is 39.3 Å². The van der Waals surface area contributed by atoms with Gasteiger partial charge in [0.2, 0.25) is 0 Å². The maximum atomic E-state index is 4.28. The fourth-order valence-corrected chi connectivity index (χ4v) is 1.76. The average molecular weight is 390 g/mol. The van der Waals surface area contributed by atoms with Crippen molar-refractivity contribution in [1.82, 2.24) is 15.6 Å². The average Bonchev–Trinajstić information content (AvgIpc) is 2.42. The second-order valence-corrected chi connectivity index (χ2v) is 5.26. The maximum absolute atomic E-state index is 4.28. The summed E-state index contributed by atoms with van der Waals surface area (Å²) in [6, 6.07) is 6.34. The van der Waals surface area contributed by atoms with Gasteiger partial charge in [0, 0.05) is 19.3 Å². The molecule has 1 aromatic rings. The van der Waals surface area contributed by atoms with Crippen molar-refractivity contribution in [2.24, 2.45) is 10.9 Å². The largest absolute Gasteiger partial charge is 0.354 e. The molecular weight excluding hydrogens is 363 g/mol. The van der Waals surface area contributed by atoms with Gasteiger partial charge in [0.25, 0.3) is 0 Å². The number of rotatable bonds is 6. The van der Waals surface area contributed by atoms with Crippen molar-refractivity contribution in [3.8, 4) is 0 Å². The van der Waals surface area contributed by atoms with Gasteiger partial charge in [-0.25, -0.2) is 0 Å². The van der Waals surface area contributed by atoms with Gasteiger partial charge >= 0.3 is 0 Å². The Hall–Kier alpha value is -0.850. The van der Waals surface area contributed by atoms with E-state index >= 15 is 0 Å². The minimum Gasteiger partial charge on any atom is -0.354 e. The predicted octanol–water partition coefficient (Wildman–Crippen LogP) is 3.19. The minimum absolute atomic E-state index is 0. The van der Waals surface area contributed by atoms with Crippen LogP contribution in [0.25, 0.3) is 0 Å². The Labute approximate surface area is 139 Å². The summed E-state index contributed by atoms with van der Waals surface area (Å²) in [5.74, 6) is 1.58. The van der Waals surface area contributed by atoms with Gasteiger partial charge in [-0.15, -0.1) is 24.0 Å². The van der Waals surface area contributed by atoms with Crippen molar-refractivity contribution in [1.29, 1.82) is 0 Å². The first kappa shape index (κ1) is 19.1. The Morgan fingerprint density at radius 2 is 2.00 bits per heavy atom. The minimum atomic E-state index is 0. The van der Waals surface area contributed by atoms with E-state index in [2.05, 4.69) is 41.4 Å². The van der Waals surface area contributed by atoms with Crippen molar-refractivity contribution >= 4 is 29.9 Å². The zero-order valence-corrected chi connectivity index (χ0v) is 15.2. The summed E-state index contributed by atoms with van der Waals surface area (Å²) in [6.45, 7) is 7.38. The van der Waals surface area contributed by atoms with Gasteiger partial charge in [0.1, 0.15) is 0 Å². The van der Waals surface area contributed by atoms with Crippen LogP contribution in [0.2, 0.25) is 0 Å². The van der Waals surface area contributed by atoms with Crippen molar-refractivity contribution in [2.75, 3.05) is 7.05 Å². The zero-order valence-electron chi connectivity index (χ0n) is 12.9. The Balaban J connectivity index is 0.00000361. The van der Waals surface area contributed by atoms with Gasteiger partial charge in [-0.1, -0.05) is 19.9 Å².